The number of piperidine rings is 4. The van der Waals surface area contributed by atoms with E-state index in [2.05, 4.69) is 58.3 Å². The van der Waals surface area contributed by atoms with Crippen molar-refractivity contribution in [3.63, 3.8) is 0 Å². The lowest BCUT2D eigenvalue weighted by Gasteiger charge is -2.48. The van der Waals surface area contributed by atoms with E-state index >= 15 is 8.78 Å². The van der Waals surface area contributed by atoms with Crippen molar-refractivity contribution in [2.45, 2.75) is 88.9 Å². The summed E-state index contributed by atoms with van der Waals surface area (Å²) in [6, 6.07) is 11.7. The molecule has 17 heteroatoms. The number of amides is 3. The maximum Gasteiger partial charge on any atom is 0.319 e. The molecule has 1 spiro atoms. The minimum atomic E-state index is -0.732. The molecule has 7 aliphatic heterocycles. The summed E-state index contributed by atoms with van der Waals surface area (Å²) in [7, 11) is 0. The molecule has 3 unspecified atom stereocenters. The number of likely N-dealkylation sites (tertiary alicyclic amines) is 2. The van der Waals surface area contributed by atoms with Gasteiger partial charge in [0.1, 0.15) is 41.2 Å². The lowest BCUT2D eigenvalue weighted by molar-refractivity contribution is -0.136. The van der Waals surface area contributed by atoms with Crippen LogP contribution in [0.1, 0.15) is 85.7 Å². The molecule has 12 rings (SSSR count). The Hall–Kier alpha value is -6.48. The molecule has 3 amide bonds. The lowest BCUT2D eigenvalue weighted by atomic mass is 9.71. The van der Waals surface area contributed by atoms with Gasteiger partial charge in [-0.3, -0.25) is 29.6 Å². The number of carbonyl (C=O) groups is 3. The standard InChI is InChI=1S/C55H60F2N10O5/c1-2-40-44(56)8-3-34-26-39(68)27-42(47(34)40)49-48(57)50-43(28-58-49)51(66-31-36-4-5-37(32-66)59-36)62-54(61-50)72-24-23-63-17-11-33(12-18-63)29-64-19-13-55(14-20-64)15-21-65(22-16-55)38-6-7-41-35(25-38)30-67(53(41)71)45-9-10-46(69)60-52(45)70/h1,3,6-8,25-28,33,36-37,45,59,68H,4-5,9-24,29-32H2,(H,60,69,70). The molecule has 3 N–H and O–H groups in total. The van der Waals surface area contributed by atoms with Crippen LogP contribution in [0.25, 0.3) is 32.9 Å². The van der Waals surface area contributed by atoms with Gasteiger partial charge in [0, 0.05) is 92.7 Å². The average Bonchev–Trinajstić information content (AvgIpc) is 3.90. The first-order valence-electron chi connectivity index (χ1n) is 25.9. The highest BCUT2D eigenvalue weighted by Crippen LogP contribution is 2.44. The normalized spacial score (nSPS) is 23.8. The number of piperazine rings is 1. The van der Waals surface area contributed by atoms with Gasteiger partial charge in [-0.1, -0.05) is 12.0 Å². The van der Waals surface area contributed by atoms with Gasteiger partial charge in [-0.05, 0) is 143 Å². The maximum atomic E-state index is 17.0. The van der Waals surface area contributed by atoms with Crippen molar-refractivity contribution in [1.82, 2.24) is 40.3 Å². The number of hydrogen-bond donors (Lipinski definition) is 3. The largest absolute Gasteiger partial charge is 0.508 e. The van der Waals surface area contributed by atoms with Crippen LogP contribution < -0.4 is 25.2 Å². The topological polar surface area (TPSA) is 160 Å². The van der Waals surface area contributed by atoms with Gasteiger partial charge in [0.15, 0.2) is 5.82 Å². The molecule has 3 aromatic carbocycles. The quantitative estimate of drug-likeness (QED) is 0.111. The molecule has 0 radical (unpaired) electrons. The Kier molecular flexibility index (Phi) is 12.2. The third kappa shape index (κ3) is 8.74. The first kappa shape index (κ1) is 46.6. The fourth-order valence-corrected chi connectivity index (χ4v) is 13.0. The van der Waals surface area contributed by atoms with Crippen LogP contribution in [0.3, 0.4) is 0 Å². The number of fused-ring (bicyclic) bond motifs is 5. The summed E-state index contributed by atoms with van der Waals surface area (Å²) in [5.41, 5.74) is 3.16. The smallest absolute Gasteiger partial charge is 0.319 e. The van der Waals surface area contributed by atoms with Gasteiger partial charge in [0.25, 0.3) is 5.91 Å². The van der Waals surface area contributed by atoms with E-state index in [1.165, 1.54) is 37.1 Å². The minimum absolute atomic E-state index is 0.0355. The molecule has 72 heavy (non-hydrogen) atoms. The molecular formula is C55H60F2N10O5. The van der Waals surface area contributed by atoms with Crippen molar-refractivity contribution in [3.05, 3.63) is 77.0 Å². The Morgan fingerprint density at radius 3 is 2.36 bits per heavy atom. The molecule has 7 aliphatic rings. The predicted octanol–water partition coefficient (Wildman–Crippen LogP) is 5.99. The van der Waals surface area contributed by atoms with Crippen molar-refractivity contribution < 1.29 is 33.0 Å². The number of imide groups is 1. The van der Waals surface area contributed by atoms with Crippen molar-refractivity contribution in [2.24, 2.45) is 11.3 Å². The zero-order chi connectivity index (χ0) is 49.3. The number of phenolic OH excluding ortho intramolecular Hbond substituents is 1. The van der Waals surface area contributed by atoms with Crippen LogP contribution in [0.5, 0.6) is 11.8 Å². The number of hydrogen-bond acceptors (Lipinski definition) is 13. The fraction of sp³-hybridized carbons (Fsp3) is 0.491. The summed E-state index contributed by atoms with van der Waals surface area (Å²) in [6.07, 6.45) is 17.0. The van der Waals surface area contributed by atoms with Gasteiger partial charge in [0.2, 0.25) is 11.8 Å². The van der Waals surface area contributed by atoms with Gasteiger partial charge in [-0.2, -0.15) is 9.97 Å². The van der Waals surface area contributed by atoms with Crippen LogP contribution in [0.15, 0.2) is 48.7 Å². The summed E-state index contributed by atoms with van der Waals surface area (Å²) in [5.74, 6) is 1.33. The highest BCUT2D eigenvalue weighted by atomic mass is 19.1. The van der Waals surface area contributed by atoms with Crippen molar-refractivity contribution in [3.8, 4) is 35.4 Å². The van der Waals surface area contributed by atoms with Crippen LogP contribution in [-0.4, -0.2) is 143 Å². The fourth-order valence-electron chi connectivity index (χ4n) is 13.0. The number of terminal acetylenes is 1. The van der Waals surface area contributed by atoms with E-state index in [4.69, 9.17) is 16.1 Å². The van der Waals surface area contributed by atoms with E-state index in [9.17, 15) is 19.5 Å². The zero-order valence-electron chi connectivity index (χ0n) is 40.5. The minimum Gasteiger partial charge on any atom is -0.508 e. The molecule has 0 saturated carbocycles. The third-order valence-corrected chi connectivity index (χ3v) is 17.1. The van der Waals surface area contributed by atoms with E-state index in [1.54, 1.807) is 11.1 Å². The van der Waals surface area contributed by atoms with Crippen molar-refractivity contribution in [2.75, 3.05) is 81.9 Å². The number of pyridine rings is 1. The molecule has 374 valence electrons. The highest BCUT2D eigenvalue weighted by Gasteiger charge is 2.41. The summed E-state index contributed by atoms with van der Waals surface area (Å²) in [6.45, 7) is 10.1. The van der Waals surface area contributed by atoms with Gasteiger partial charge in [-0.25, -0.2) is 8.78 Å². The number of phenols is 1. The van der Waals surface area contributed by atoms with Crippen molar-refractivity contribution >= 4 is 50.9 Å². The number of aromatic nitrogens is 3. The van der Waals surface area contributed by atoms with Gasteiger partial charge in [0.05, 0.1) is 10.9 Å². The lowest BCUT2D eigenvalue weighted by Crippen LogP contribution is -2.52. The second-order valence-electron chi connectivity index (χ2n) is 21.4. The summed E-state index contributed by atoms with van der Waals surface area (Å²) < 4.78 is 38.3. The number of aromatic hydroxyl groups is 1. The van der Waals surface area contributed by atoms with Gasteiger partial charge >= 0.3 is 6.01 Å². The second kappa shape index (κ2) is 18.8. The number of nitrogens with zero attached hydrogens (tertiary/aromatic N) is 8. The first-order chi connectivity index (χ1) is 35.0. The van der Waals surface area contributed by atoms with Gasteiger partial charge < -0.3 is 34.8 Å². The SMILES string of the molecule is C#Cc1c(F)ccc2cc(O)cc(-c3ncc4c(N5CC6CCC(C5)N6)nc(OCCN5CCC(CN6CCC7(CC6)CCN(c6ccc8c(c6)CN(C6CCC(=O)NC6=O)C8=O)CC7)CC5)nc4c3F)c12. The summed E-state index contributed by atoms with van der Waals surface area (Å²) in [4.78, 5) is 63.0. The summed E-state index contributed by atoms with van der Waals surface area (Å²) >= 11 is 0. The second-order valence-corrected chi connectivity index (χ2v) is 21.4. The van der Waals surface area contributed by atoms with Crippen LogP contribution in [-0.2, 0) is 16.1 Å². The Balaban J connectivity index is 0.646. The predicted molar refractivity (Wildman–Crippen MR) is 269 cm³/mol. The van der Waals surface area contributed by atoms with E-state index in [0.717, 1.165) is 95.6 Å². The maximum absolute atomic E-state index is 17.0. The first-order valence-corrected chi connectivity index (χ1v) is 25.9. The Bertz CT molecular complexity index is 3020. The third-order valence-electron chi connectivity index (χ3n) is 17.1. The molecule has 2 aromatic heterocycles. The van der Waals surface area contributed by atoms with Crippen LogP contribution in [0, 0.1) is 35.3 Å². The summed E-state index contributed by atoms with van der Waals surface area (Å²) in [5, 5.41) is 17.9. The molecule has 3 atom stereocenters. The number of anilines is 2. The average molecular weight is 979 g/mol. The van der Waals surface area contributed by atoms with E-state index < -0.39 is 17.7 Å². The molecule has 2 bridgehead atoms. The Morgan fingerprint density at radius 1 is 0.847 bits per heavy atom. The number of rotatable bonds is 10. The molecule has 6 saturated heterocycles. The van der Waals surface area contributed by atoms with Crippen molar-refractivity contribution in [1.29, 1.82) is 0 Å². The van der Waals surface area contributed by atoms with Crippen LogP contribution in [0.2, 0.25) is 0 Å². The van der Waals surface area contributed by atoms with Crippen LogP contribution in [0.4, 0.5) is 20.3 Å². The Morgan fingerprint density at radius 2 is 1.61 bits per heavy atom. The monoisotopic (exact) mass is 978 g/mol. The molecular weight excluding hydrogens is 919 g/mol. The highest BCUT2D eigenvalue weighted by molar-refractivity contribution is 6.06. The van der Waals surface area contributed by atoms with E-state index in [1.807, 2.05) is 6.07 Å². The number of carbonyl (C=O) groups excluding carboxylic acids is 3. The number of ether oxygens (including phenoxy) is 1. The Labute approximate surface area is 417 Å². The van der Waals surface area contributed by atoms with Gasteiger partial charge in [-0.15, -0.1) is 6.42 Å². The van der Waals surface area contributed by atoms with E-state index in [-0.39, 0.29) is 63.6 Å². The molecule has 15 nitrogen and oxygen atoms in total. The van der Waals surface area contributed by atoms with Crippen LogP contribution >= 0.6 is 0 Å². The molecule has 9 heterocycles. The molecule has 5 aromatic rings. The number of benzene rings is 3. The van der Waals surface area contributed by atoms with E-state index in [0.29, 0.717) is 84.8 Å². The molecule has 6 fully saturated rings. The zero-order valence-corrected chi connectivity index (χ0v) is 40.5. The number of nitrogens with one attached hydrogen (secondary N) is 2. The molecule has 0 aliphatic carbocycles. The number of halogens is 2.